The van der Waals surface area contributed by atoms with Crippen molar-refractivity contribution in [3.63, 3.8) is 0 Å². The predicted octanol–water partition coefficient (Wildman–Crippen LogP) is 2.62. The molecular weight excluding hydrogens is 282 g/mol. The predicted molar refractivity (Wildman–Crippen MR) is 83.8 cm³/mol. The fourth-order valence-electron chi connectivity index (χ4n) is 2.02. The van der Waals surface area contributed by atoms with E-state index in [2.05, 4.69) is 5.32 Å². The van der Waals surface area contributed by atoms with Crippen molar-refractivity contribution in [1.29, 1.82) is 0 Å². The lowest BCUT2D eigenvalue weighted by Crippen LogP contribution is -2.35. The van der Waals surface area contributed by atoms with Crippen LogP contribution in [0.25, 0.3) is 10.8 Å². The standard InChI is InChI=1S/C17H19NO4/c1-3-11(2)18-16(20)10-22-17(21)14-8-12-6-4-5-7-13(12)9-15(14)19/h4-9,11,19H,3,10H2,1-2H3,(H,18,20)/t11-/m1/s1. The molecule has 0 aromatic heterocycles. The summed E-state index contributed by atoms with van der Waals surface area (Å²) in [5, 5.41) is 14.3. The van der Waals surface area contributed by atoms with Crippen LogP contribution in [0.1, 0.15) is 30.6 Å². The van der Waals surface area contributed by atoms with Gasteiger partial charge in [0.05, 0.1) is 0 Å². The minimum Gasteiger partial charge on any atom is -0.507 e. The van der Waals surface area contributed by atoms with Gasteiger partial charge in [0, 0.05) is 6.04 Å². The Morgan fingerprint density at radius 1 is 1.23 bits per heavy atom. The molecule has 2 rings (SSSR count). The average molecular weight is 301 g/mol. The number of hydrogen-bond acceptors (Lipinski definition) is 4. The molecule has 0 saturated heterocycles. The number of aromatic hydroxyl groups is 1. The van der Waals surface area contributed by atoms with Crippen molar-refractivity contribution in [3.8, 4) is 5.75 Å². The number of phenols is 1. The maximum atomic E-state index is 12.0. The lowest BCUT2D eigenvalue weighted by Gasteiger charge is -2.12. The first-order valence-electron chi connectivity index (χ1n) is 7.19. The Morgan fingerprint density at radius 3 is 2.50 bits per heavy atom. The molecule has 0 fully saturated rings. The molecule has 2 aromatic carbocycles. The van der Waals surface area contributed by atoms with Crippen molar-refractivity contribution in [2.75, 3.05) is 6.61 Å². The molecule has 1 amide bonds. The van der Waals surface area contributed by atoms with E-state index in [-0.39, 0.29) is 29.9 Å². The highest BCUT2D eigenvalue weighted by atomic mass is 16.5. The van der Waals surface area contributed by atoms with Crippen LogP contribution in [-0.2, 0) is 9.53 Å². The summed E-state index contributed by atoms with van der Waals surface area (Å²) in [5.74, 6) is -1.24. The molecule has 0 aliphatic rings. The van der Waals surface area contributed by atoms with E-state index in [9.17, 15) is 14.7 Å². The molecule has 0 radical (unpaired) electrons. The van der Waals surface area contributed by atoms with E-state index in [1.807, 2.05) is 38.1 Å². The van der Waals surface area contributed by atoms with Gasteiger partial charge in [0.15, 0.2) is 6.61 Å². The van der Waals surface area contributed by atoms with Crippen LogP contribution in [0.2, 0.25) is 0 Å². The molecule has 22 heavy (non-hydrogen) atoms. The maximum absolute atomic E-state index is 12.0. The number of nitrogens with one attached hydrogen (secondary N) is 1. The number of rotatable bonds is 5. The van der Waals surface area contributed by atoms with Crippen molar-refractivity contribution in [1.82, 2.24) is 5.32 Å². The largest absolute Gasteiger partial charge is 0.507 e. The number of fused-ring (bicyclic) bond motifs is 1. The van der Waals surface area contributed by atoms with Gasteiger partial charge in [-0.25, -0.2) is 4.79 Å². The zero-order chi connectivity index (χ0) is 16.1. The van der Waals surface area contributed by atoms with E-state index < -0.39 is 5.97 Å². The lowest BCUT2D eigenvalue weighted by atomic mass is 10.1. The number of phenolic OH excluding ortho intramolecular Hbond substituents is 1. The van der Waals surface area contributed by atoms with E-state index >= 15 is 0 Å². The van der Waals surface area contributed by atoms with Gasteiger partial charge < -0.3 is 15.2 Å². The highest BCUT2D eigenvalue weighted by molar-refractivity contribution is 5.99. The summed E-state index contributed by atoms with van der Waals surface area (Å²) in [5.41, 5.74) is 0.0510. The number of hydrogen-bond donors (Lipinski definition) is 2. The minimum absolute atomic E-state index is 0.0280. The Kier molecular flexibility index (Phi) is 4.99. The van der Waals surface area contributed by atoms with Crippen LogP contribution in [0, 0.1) is 0 Å². The van der Waals surface area contributed by atoms with E-state index in [4.69, 9.17) is 4.74 Å². The number of ether oxygens (including phenoxy) is 1. The van der Waals surface area contributed by atoms with E-state index in [0.717, 1.165) is 17.2 Å². The Hall–Kier alpha value is -2.56. The molecule has 116 valence electrons. The zero-order valence-corrected chi connectivity index (χ0v) is 12.6. The first-order chi connectivity index (χ1) is 10.5. The second kappa shape index (κ2) is 6.93. The number of esters is 1. The van der Waals surface area contributed by atoms with E-state index in [1.54, 1.807) is 6.07 Å². The van der Waals surface area contributed by atoms with Crippen LogP contribution < -0.4 is 5.32 Å². The van der Waals surface area contributed by atoms with E-state index in [1.165, 1.54) is 6.07 Å². The Labute approximate surface area is 128 Å². The summed E-state index contributed by atoms with van der Waals surface area (Å²) >= 11 is 0. The Morgan fingerprint density at radius 2 is 1.86 bits per heavy atom. The molecule has 0 saturated carbocycles. The number of amides is 1. The van der Waals surface area contributed by atoms with Crippen LogP contribution in [-0.4, -0.2) is 29.6 Å². The van der Waals surface area contributed by atoms with Gasteiger partial charge in [-0.1, -0.05) is 31.2 Å². The number of carbonyl (C=O) groups is 2. The molecule has 0 heterocycles. The summed E-state index contributed by atoms with van der Waals surface area (Å²) < 4.78 is 4.95. The molecule has 5 nitrogen and oxygen atoms in total. The van der Waals surface area contributed by atoms with Crippen molar-refractivity contribution < 1.29 is 19.4 Å². The highest BCUT2D eigenvalue weighted by Gasteiger charge is 2.16. The van der Waals surface area contributed by atoms with Gasteiger partial charge in [0.1, 0.15) is 11.3 Å². The van der Waals surface area contributed by atoms with Crippen molar-refractivity contribution in [3.05, 3.63) is 42.0 Å². The van der Waals surface area contributed by atoms with Gasteiger partial charge in [-0.2, -0.15) is 0 Å². The molecule has 0 aliphatic heterocycles. The third-order valence-electron chi connectivity index (χ3n) is 3.44. The highest BCUT2D eigenvalue weighted by Crippen LogP contribution is 2.25. The smallest absolute Gasteiger partial charge is 0.342 e. The summed E-state index contributed by atoms with van der Waals surface area (Å²) in [6.45, 7) is 3.45. The van der Waals surface area contributed by atoms with E-state index in [0.29, 0.717) is 0 Å². The van der Waals surface area contributed by atoms with Crippen molar-refractivity contribution >= 4 is 22.6 Å². The minimum atomic E-state index is -0.720. The molecule has 2 N–H and O–H groups in total. The topological polar surface area (TPSA) is 75.6 Å². The average Bonchev–Trinajstić information content (AvgIpc) is 2.51. The summed E-state index contributed by atoms with van der Waals surface area (Å²) in [6, 6.07) is 10.4. The quantitative estimate of drug-likeness (QED) is 0.832. The van der Waals surface area contributed by atoms with Crippen LogP contribution in [0.4, 0.5) is 0 Å². The molecule has 2 aromatic rings. The summed E-state index contributed by atoms with van der Waals surface area (Å²) in [6.07, 6.45) is 0.797. The first-order valence-corrected chi connectivity index (χ1v) is 7.19. The summed E-state index contributed by atoms with van der Waals surface area (Å²) in [7, 11) is 0. The molecular formula is C17H19NO4. The summed E-state index contributed by atoms with van der Waals surface area (Å²) in [4.78, 5) is 23.6. The monoisotopic (exact) mass is 301 g/mol. The van der Waals surface area contributed by atoms with Crippen LogP contribution in [0.3, 0.4) is 0 Å². The van der Waals surface area contributed by atoms with Gasteiger partial charge in [-0.3, -0.25) is 4.79 Å². The van der Waals surface area contributed by atoms with Gasteiger partial charge in [0.25, 0.3) is 5.91 Å². The SMILES string of the molecule is CC[C@@H](C)NC(=O)COC(=O)c1cc2ccccc2cc1O. The Bertz CT molecular complexity index is 696. The molecule has 0 bridgehead atoms. The van der Waals surface area contributed by atoms with Gasteiger partial charge in [-0.05, 0) is 36.2 Å². The second-order valence-corrected chi connectivity index (χ2v) is 5.17. The van der Waals surface area contributed by atoms with Crippen molar-refractivity contribution in [2.45, 2.75) is 26.3 Å². The van der Waals surface area contributed by atoms with Gasteiger partial charge in [-0.15, -0.1) is 0 Å². The third kappa shape index (κ3) is 3.75. The molecule has 0 unspecified atom stereocenters. The first kappa shape index (κ1) is 15.8. The zero-order valence-electron chi connectivity index (χ0n) is 12.6. The number of carbonyl (C=O) groups excluding carboxylic acids is 2. The lowest BCUT2D eigenvalue weighted by molar-refractivity contribution is -0.124. The van der Waals surface area contributed by atoms with Crippen LogP contribution >= 0.6 is 0 Å². The fraction of sp³-hybridized carbons (Fsp3) is 0.294. The normalized spacial score (nSPS) is 11.9. The van der Waals surface area contributed by atoms with Gasteiger partial charge >= 0.3 is 5.97 Å². The molecule has 0 aliphatic carbocycles. The molecule has 0 spiro atoms. The molecule has 5 heteroatoms. The van der Waals surface area contributed by atoms with Crippen molar-refractivity contribution in [2.24, 2.45) is 0 Å². The Balaban J connectivity index is 2.06. The van der Waals surface area contributed by atoms with Gasteiger partial charge in [0.2, 0.25) is 0 Å². The second-order valence-electron chi connectivity index (χ2n) is 5.17. The van der Waals surface area contributed by atoms with Crippen LogP contribution in [0.15, 0.2) is 36.4 Å². The maximum Gasteiger partial charge on any atom is 0.342 e. The fourth-order valence-corrected chi connectivity index (χ4v) is 2.02. The number of benzene rings is 2. The third-order valence-corrected chi connectivity index (χ3v) is 3.44. The van der Waals surface area contributed by atoms with Crippen LogP contribution in [0.5, 0.6) is 5.75 Å². The molecule has 1 atom stereocenters.